The highest BCUT2D eigenvalue weighted by Crippen LogP contribution is 2.22. The van der Waals surface area contributed by atoms with Crippen LogP contribution in [0.1, 0.15) is 0 Å². The number of hydrogen-bond acceptors (Lipinski definition) is 2. The van der Waals surface area contributed by atoms with E-state index in [1.165, 1.54) is 0 Å². The van der Waals surface area contributed by atoms with Crippen molar-refractivity contribution >= 4 is 33.2 Å². The highest BCUT2D eigenvalue weighted by Gasteiger charge is 1.96. The molecule has 0 aliphatic rings. The van der Waals surface area contributed by atoms with Crippen molar-refractivity contribution in [1.29, 1.82) is 0 Å². The highest BCUT2D eigenvalue weighted by molar-refractivity contribution is 9.10. The van der Waals surface area contributed by atoms with Gasteiger partial charge < -0.3 is 10.1 Å². The summed E-state index contributed by atoms with van der Waals surface area (Å²) in [6.45, 7) is 1.47. The van der Waals surface area contributed by atoms with Gasteiger partial charge in [0.05, 0.1) is 6.61 Å². The number of anilines is 1. The predicted octanol–water partition coefficient (Wildman–Crippen LogP) is 3.16. The van der Waals surface area contributed by atoms with E-state index in [0.717, 1.165) is 16.7 Å². The first-order chi connectivity index (χ1) is 6.22. The zero-order valence-electron chi connectivity index (χ0n) is 7.31. The minimum Gasteiger partial charge on any atom is -0.383 e. The van der Waals surface area contributed by atoms with Gasteiger partial charge in [-0.1, -0.05) is 27.5 Å². The zero-order valence-corrected chi connectivity index (χ0v) is 9.65. The molecule has 1 rings (SSSR count). The number of methoxy groups -OCH3 is 1. The van der Waals surface area contributed by atoms with Gasteiger partial charge in [0.1, 0.15) is 0 Å². The van der Waals surface area contributed by atoms with Crippen LogP contribution in [0.25, 0.3) is 0 Å². The standard InChI is InChI=1S/C9H11BrClNO/c1-13-3-2-12-9-5-7(10)4-8(11)6-9/h4-6,12H,2-3H2,1H3. The number of hydrogen-bond donors (Lipinski definition) is 1. The molecule has 72 valence electrons. The lowest BCUT2D eigenvalue weighted by Crippen LogP contribution is -2.07. The van der Waals surface area contributed by atoms with E-state index < -0.39 is 0 Å². The first-order valence-electron chi connectivity index (χ1n) is 3.91. The van der Waals surface area contributed by atoms with Crippen LogP contribution < -0.4 is 5.32 Å². The Balaban J connectivity index is 2.56. The number of rotatable bonds is 4. The molecule has 1 N–H and O–H groups in total. The van der Waals surface area contributed by atoms with Crippen molar-refractivity contribution in [3.63, 3.8) is 0 Å². The fourth-order valence-corrected chi connectivity index (χ4v) is 1.81. The van der Waals surface area contributed by atoms with Crippen molar-refractivity contribution in [3.05, 3.63) is 27.7 Å². The Labute approximate surface area is 91.4 Å². The topological polar surface area (TPSA) is 21.3 Å². The molecule has 0 bridgehead atoms. The molecule has 0 saturated carbocycles. The fourth-order valence-electron chi connectivity index (χ4n) is 0.953. The molecule has 0 saturated heterocycles. The van der Waals surface area contributed by atoms with Crippen molar-refractivity contribution in [2.75, 3.05) is 25.6 Å². The molecule has 0 amide bonds. The third-order valence-corrected chi connectivity index (χ3v) is 2.17. The quantitative estimate of drug-likeness (QED) is 0.844. The molecule has 2 nitrogen and oxygen atoms in total. The highest BCUT2D eigenvalue weighted by atomic mass is 79.9. The third kappa shape index (κ3) is 3.98. The van der Waals surface area contributed by atoms with Crippen LogP contribution in [0.2, 0.25) is 5.02 Å². The molecule has 0 aliphatic carbocycles. The van der Waals surface area contributed by atoms with E-state index in [1.54, 1.807) is 7.11 Å². The summed E-state index contributed by atoms with van der Waals surface area (Å²) < 4.78 is 5.89. The minimum absolute atomic E-state index is 0.685. The van der Waals surface area contributed by atoms with Crippen molar-refractivity contribution in [1.82, 2.24) is 0 Å². The lowest BCUT2D eigenvalue weighted by molar-refractivity contribution is 0.211. The van der Waals surface area contributed by atoms with Crippen LogP contribution in [-0.2, 0) is 4.74 Å². The maximum Gasteiger partial charge on any atom is 0.0635 e. The van der Waals surface area contributed by atoms with Crippen LogP contribution in [0.4, 0.5) is 5.69 Å². The van der Waals surface area contributed by atoms with Crippen LogP contribution in [0.15, 0.2) is 22.7 Å². The minimum atomic E-state index is 0.685. The molecule has 1 aromatic carbocycles. The molecule has 4 heteroatoms. The summed E-state index contributed by atoms with van der Waals surface area (Å²) in [6, 6.07) is 5.70. The number of benzene rings is 1. The van der Waals surface area contributed by atoms with Gasteiger partial charge in [0.2, 0.25) is 0 Å². The van der Waals surface area contributed by atoms with Crippen LogP contribution >= 0.6 is 27.5 Å². The average Bonchev–Trinajstić information content (AvgIpc) is 2.03. The Bertz CT molecular complexity index is 260. The van der Waals surface area contributed by atoms with Crippen molar-refractivity contribution in [2.24, 2.45) is 0 Å². The lowest BCUT2D eigenvalue weighted by Gasteiger charge is -2.06. The van der Waals surface area contributed by atoms with E-state index in [-0.39, 0.29) is 0 Å². The second kappa shape index (κ2) is 5.47. The molecule has 0 unspecified atom stereocenters. The maximum atomic E-state index is 5.86. The Morgan fingerprint density at radius 2 is 2.23 bits per heavy atom. The van der Waals surface area contributed by atoms with E-state index in [1.807, 2.05) is 18.2 Å². The molecule has 0 aromatic heterocycles. The van der Waals surface area contributed by atoms with Gasteiger partial charge in [-0.3, -0.25) is 0 Å². The Kier molecular flexibility index (Phi) is 4.56. The molecule has 13 heavy (non-hydrogen) atoms. The Morgan fingerprint density at radius 1 is 1.46 bits per heavy atom. The van der Waals surface area contributed by atoms with Crippen molar-refractivity contribution < 1.29 is 4.74 Å². The van der Waals surface area contributed by atoms with Gasteiger partial charge in [0.25, 0.3) is 0 Å². The number of nitrogens with one attached hydrogen (secondary N) is 1. The summed E-state index contributed by atoms with van der Waals surface area (Å²) in [5.41, 5.74) is 0.997. The molecule has 0 spiro atoms. The number of ether oxygens (including phenoxy) is 1. The van der Waals surface area contributed by atoms with Gasteiger partial charge in [-0.2, -0.15) is 0 Å². The normalized spacial score (nSPS) is 10.1. The van der Waals surface area contributed by atoms with Gasteiger partial charge in [0, 0.05) is 28.8 Å². The van der Waals surface area contributed by atoms with E-state index in [2.05, 4.69) is 21.2 Å². The van der Waals surface area contributed by atoms with E-state index in [4.69, 9.17) is 16.3 Å². The second-order valence-electron chi connectivity index (χ2n) is 2.58. The van der Waals surface area contributed by atoms with Gasteiger partial charge in [-0.15, -0.1) is 0 Å². The molecule has 0 heterocycles. The maximum absolute atomic E-state index is 5.86. The SMILES string of the molecule is COCCNc1cc(Cl)cc(Br)c1. The third-order valence-electron chi connectivity index (χ3n) is 1.50. The molecule has 0 atom stereocenters. The van der Waals surface area contributed by atoms with Crippen LogP contribution in [-0.4, -0.2) is 20.3 Å². The monoisotopic (exact) mass is 263 g/mol. The van der Waals surface area contributed by atoms with E-state index in [9.17, 15) is 0 Å². The summed E-state index contributed by atoms with van der Waals surface area (Å²) in [4.78, 5) is 0. The van der Waals surface area contributed by atoms with Crippen LogP contribution in [0, 0.1) is 0 Å². The smallest absolute Gasteiger partial charge is 0.0635 e. The van der Waals surface area contributed by atoms with E-state index >= 15 is 0 Å². The average molecular weight is 265 g/mol. The van der Waals surface area contributed by atoms with Crippen molar-refractivity contribution in [3.8, 4) is 0 Å². The first-order valence-corrected chi connectivity index (χ1v) is 5.08. The molecule has 0 fully saturated rings. The molecular formula is C9H11BrClNO. The fraction of sp³-hybridized carbons (Fsp3) is 0.333. The molecular weight excluding hydrogens is 253 g/mol. The summed E-state index contributed by atoms with van der Waals surface area (Å²) >= 11 is 9.23. The second-order valence-corrected chi connectivity index (χ2v) is 3.93. The van der Waals surface area contributed by atoms with Gasteiger partial charge >= 0.3 is 0 Å². The molecule has 1 aromatic rings. The summed E-state index contributed by atoms with van der Waals surface area (Å²) in [5.74, 6) is 0. The zero-order chi connectivity index (χ0) is 9.68. The van der Waals surface area contributed by atoms with E-state index in [0.29, 0.717) is 11.6 Å². The van der Waals surface area contributed by atoms with Crippen molar-refractivity contribution in [2.45, 2.75) is 0 Å². The van der Waals surface area contributed by atoms with Crippen LogP contribution in [0.3, 0.4) is 0 Å². The van der Waals surface area contributed by atoms with Gasteiger partial charge in [0.15, 0.2) is 0 Å². The largest absolute Gasteiger partial charge is 0.383 e. The number of halogens is 2. The Morgan fingerprint density at radius 3 is 2.85 bits per heavy atom. The first kappa shape index (κ1) is 10.8. The summed E-state index contributed by atoms with van der Waals surface area (Å²) in [7, 11) is 1.68. The molecule has 0 aliphatic heterocycles. The molecule has 0 radical (unpaired) electrons. The lowest BCUT2D eigenvalue weighted by atomic mass is 10.3. The van der Waals surface area contributed by atoms with Gasteiger partial charge in [-0.05, 0) is 18.2 Å². The summed E-state index contributed by atoms with van der Waals surface area (Å²) in [6.07, 6.45) is 0. The van der Waals surface area contributed by atoms with Gasteiger partial charge in [-0.25, -0.2) is 0 Å². The van der Waals surface area contributed by atoms with Crippen LogP contribution in [0.5, 0.6) is 0 Å². The summed E-state index contributed by atoms with van der Waals surface area (Å²) in [5, 5.41) is 3.90. The Hall–Kier alpha value is -0.250. The predicted molar refractivity (Wildman–Crippen MR) is 59.5 cm³/mol.